The molecular weight excluding hydrogens is 297 g/mol. The van der Waals surface area contributed by atoms with Crippen LogP contribution < -0.4 is 5.32 Å². The Bertz CT molecular complexity index is 688. The Labute approximate surface area is 126 Å². The zero-order chi connectivity index (χ0) is 14.1. The minimum atomic E-state index is -0.315. The van der Waals surface area contributed by atoms with Crippen LogP contribution >= 0.6 is 23.2 Å². The van der Waals surface area contributed by atoms with Gasteiger partial charge in [0.1, 0.15) is 12.1 Å². The first-order valence-corrected chi connectivity index (χ1v) is 7.00. The minimum absolute atomic E-state index is 0.315. The molecule has 3 rings (SSSR count). The number of rotatable bonds is 2. The average Bonchev–Trinajstić information content (AvgIpc) is 2.91. The van der Waals surface area contributed by atoms with Gasteiger partial charge in [-0.15, -0.1) is 0 Å². The molecule has 6 heteroatoms. The first-order chi connectivity index (χ1) is 9.65. The van der Waals surface area contributed by atoms with Gasteiger partial charge in [-0.2, -0.15) is 0 Å². The lowest BCUT2D eigenvalue weighted by Crippen LogP contribution is -2.15. The first-order valence-electron chi connectivity index (χ1n) is 6.24. The Morgan fingerprint density at radius 2 is 2.05 bits per heavy atom. The van der Waals surface area contributed by atoms with E-state index in [1.54, 1.807) is 18.2 Å². The van der Waals surface area contributed by atoms with Gasteiger partial charge in [-0.05, 0) is 37.5 Å². The van der Waals surface area contributed by atoms with Gasteiger partial charge >= 0.3 is 0 Å². The monoisotopic (exact) mass is 307 g/mol. The molecule has 0 aliphatic heterocycles. The Kier molecular flexibility index (Phi) is 3.59. The summed E-state index contributed by atoms with van der Waals surface area (Å²) >= 11 is 11.9. The molecule has 1 aliphatic carbocycles. The van der Waals surface area contributed by atoms with Crippen LogP contribution in [0, 0.1) is 0 Å². The number of aromatic nitrogens is 2. The maximum absolute atomic E-state index is 12.3. The molecule has 0 radical (unpaired) electrons. The molecule has 1 heterocycles. The molecule has 20 heavy (non-hydrogen) atoms. The van der Waals surface area contributed by atoms with Crippen LogP contribution in [0.15, 0.2) is 24.5 Å². The summed E-state index contributed by atoms with van der Waals surface area (Å²) in [4.78, 5) is 20.6. The number of aryl methyl sites for hydroxylation is 1. The van der Waals surface area contributed by atoms with Gasteiger partial charge in [-0.25, -0.2) is 9.97 Å². The van der Waals surface area contributed by atoms with E-state index in [2.05, 4.69) is 15.3 Å². The topological polar surface area (TPSA) is 54.9 Å². The lowest BCUT2D eigenvalue weighted by atomic mass is 10.2. The molecule has 0 unspecified atom stereocenters. The predicted octanol–water partition coefficient (Wildman–Crippen LogP) is 3.52. The van der Waals surface area contributed by atoms with Crippen LogP contribution in [0.2, 0.25) is 10.0 Å². The fourth-order valence-electron chi connectivity index (χ4n) is 2.31. The van der Waals surface area contributed by atoms with Gasteiger partial charge in [-0.3, -0.25) is 4.79 Å². The number of anilines is 1. The quantitative estimate of drug-likeness (QED) is 0.923. The van der Waals surface area contributed by atoms with Gasteiger partial charge in [-0.1, -0.05) is 23.2 Å². The molecule has 1 amide bonds. The normalized spacial score (nSPS) is 13.1. The highest BCUT2D eigenvalue weighted by Crippen LogP contribution is 2.26. The van der Waals surface area contributed by atoms with Gasteiger partial charge in [0.15, 0.2) is 0 Å². The zero-order valence-corrected chi connectivity index (χ0v) is 12.0. The lowest BCUT2D eigenvalue weighted by Gasteiger charge is -2.09. The number of carbonyl (C=O) groups excluding carboxylic acids is 1. The molecule has 1 N–H and O–H groups in total. The van der Waals surface area contributed by atoms with E-state index in [-0.39, 0.29) is 5.91 Å². The number of amides is 1. The van der Waals surface area contributed by atoms with Crippen molar-refractivity contribution in [2.75, 3.05) is 5.32 Å². The van der Waals surface area contributed by atoms with Gasteiger partial charge in [0.2, 0.25) is 0 Å². The molecule has 2 aromatic rings. The van der Waals surface area contributed by atoms with Crippen molar-refractivity contribution in [3.8, 4) is 0 Å². The highest BCUT2D eigenvalue weighted by Gasteiger charge is 2.19. The van der Waals surface area contributed by atoms with E-state index in [0.29, 0.717) is 21.4 Å². The lowest BCUT2D eigenvalue weighted by molar-refractivity contribution is 0.102. The fourth-order valence-corrected chi connectivity index (χ4v) is 2.69. The molecule has 0 saturated carbocycles. The number of halogens is 2. The van der Waals surface area contributed by atoms with Crippen molar-refractivity contribution in [2.24, 2.45) is 0 Å². The van der Waals surface area contributed by atoms with E-state index in [1.165, 1.54) is 6.33 Å². The highest BCUT2D eigenvalue weighted by atomic mass is 35.5. The summed E-state index contributed by atoms with van der Waals surface area (Å²) in [5, 5.41) is 3.62. The number of fused-ring (bicyclic) bond motifs is 1. The van der Waals surface area contributed by atoms with E-state index in [4.69, 9.17) is 23.2 Å². The van der Waals surface area contributed by atoms with Crippen molar-refractivity contribution in [3.63, 3.8) is 0 Å². The summed E-state index contributed by atoms with van der Waals surface area (Å²) in [5.41, 5.74) is 2.36. The zero-order valence-electron chi connectivity index (χ0n) is 10.5. The van der Waals surface area contributed by atoms with Crippen molar-refractivity contribution < 1.29 is 4.79 Å². The maximum atomic E-state index is 12.3. The number of nitrogens with one attached hydrogen (secondary N) is 1. The summed E-state index contributed by atoms with van der Waals surface area (Å²) in [6.45, 7) is 0. The Morgan fingerprint density at radius 1 is 1.20 bits per heavy atom. The van der Waals surface area contributed by atoms with Crippen LogP contribution in [0.4, 0.5) is 5.82 Å². The van der Waals surface area contributed by atoms with Crippen molar-refractivity contribution in [2.45, 2.75) is 19.3 Å². The summed E-state index contributed by atoms with van der Waals surface area (Å²) in [6.07, 6.45) is 4.32. The summed E-state index contributed by atoms with van der Waals surface area (Å²) in [6, 6.07) is 4.78. The van der Waals surface area contributed by atoms with E-state index in [1.807, 2.05) is 0 Å². The fraction of sp³-hybridized carbons (Fsp3) is 0.214. The standard InChI is InChI=1S/C14H11Cl2N3O/c15-8-4-5-11(16)10(6-8)14(20)19-13-9-2-1-3-12(9)17-7-18-13/h4-7H,1-3H2,(H,17,18,19,20). The molecule has 0 spiro atoms. The van der Waals surface area contributed by atoms with Crippen LogP contribution in [0.3, 0.4) is 0 Å². The third-order valence-electron chi connectivity index (χ3n) is 3.28. The maximum Gasteiger partial charge on any atom is 0.258 e. The second-order valence-corrected chi connectivity index (χ2v) is 5.42. The third-order valence-corrected chi connectivity index (χ3v) is 3.84. The second kappa shape index (κ2) is 5.38. The predicted molar refractivity (Wildman–Crippen MR) is 78.5 cm³/mol. The molecule has 4 nitrogen and oxygen atoms in total. The highest BCUT2D eigenvalue weighted by molar-refractivity contribution is 6.36. The molecule has 1 aromatic heterocycles. The van der Waals surface area contributed by atoms with E-state index in [9.17, 15) is 4.79 Å². The van der Waals surface area contributed by atoms with Crippen molar-refractivity contribution >= 4 is 34.9 Å². The van der Waals surface area contributed by atoms with Crippen molar-refractivity contribution in [3.05, 3.63) is 51.4 Å². The molecule has 1 aromatic carbocycles. The molecule has 0 bridgehead atoms. The third kappa shape index (κ3) is 2.49. The molecule has 102 valence electrons. The van der Waals surface area contributed by atoms with E-state index >= 15 is 0 Å². The molecule has 0 saturated heterocycles. The van der Waals surface area contributed by atoms with Gasteiger partial charge < -0.3 is 5.32 Å². The molecule has 0 fully saturated rings. The summed E-state index contributed by atoms with van der Waals surface area (Å²) in [5.74, 6) is 0.249. The second-order valence-electron chi connectivity index (χ2n) is 4.58. The largest absolute Gasteiger partial charge is 0.306 e. The molecule has 1 aliphatic rings. The minimum Gasteiger partial charge on any atom is -0.306 e. The number of nitrogens with zero attached hydrogens (tertiary/aromatic N) is 2. The van der Waals surface area contributed by atoms with Crippen molar-refractivity contribution in [1.29, 1.82) is 0 Å². The van der Waals surface area contributed by atoms with Crippen LogP contribution in [0.1, 0.15) is 28.0 Å². The van der Waals surface area contributed by atoms with E-state index in [0.717, 1.165) is 30.5 Å². The van der Waals surface area contributed by atoms with Crippen LogP contribution in [0.25, 0.3) is 0 Å². The van der Waals surface area contributed by atoms with Crippen molar-refractivity contribution in [1.82, 2.24) is 9.97 Å². The smallest absolute Gasteiger partial charge is 0.258 e. The van der Waals surface area contributed by atoms with Crippen LogP contribution in [0.5, 0.6) is 0 Å². The Hall–Kier alpha value is -1.65. The number of carbonyl (C=O) groups is 1. The van der Waals surface area contributed by atoms with Gasteiger partial charge in [0, 0.05) is 16.3 Å². The summed E-state index contributed by atoms with van der Waals surface area (Å²) in [7, 11) is 0. The number of hydrogen-bond acceptors (Lipinski definition) is 3. The SMILES string of the molecule is O=C(Nc1ncnc2c1CCC2)c1cc(Cl)ccc1Cl. The van der Waals surface area contributed by atoms with Crippen LogP contribution in [-0.2, 0) is 12.8 Å². The Balaban J connectivity index is 1.90. The van der Waals surface area contributed by atoms with Crippen LogP contribution in [-0.4, -0.2) is 15.9 Å². The average molecular weight is 308 g/mol. The number of benzene rings is 1. The van der Waals surface area contributed by atoms with Gasteiger partial charge in [0.05, 0.1) is 10.6 Å². The molecule has 0 atom stereocenters. The van der Waals surface area contributed by atoms with Gasteiger partial charge in [0.25, 0.3) is 5.91 Å². The Morgan fingerprint density at radius 3 is 2.90 bits per heavy atom. The molecular formula is C14H11Cl2N3O. The first kappa shape index (κ1) is 13.3. The van der Waals surface area contributed by atoms with E-state index < -0.39 is 0 Å². The summed E-state index contributed by atoms with van der Waals surface area (Å²) < 4.78 is 0. The number of hydrogen-bond donors (Lipinski definition) is 1.